The zero-order valence-corrected chi connectivity index (χ0v) is 30.3. The van der Waals surface area contributed by atoms with Crippen molar-refractivity contribution in [2.45, 2.75) is 29.8 Å². The summed E-state index contributed by atoms with van der Waals surface area (Å²) in [7, 11) is -7.32. The van der Waals surface area contributed by atoms with Crippen LogP contribution in [0.15, 0.2) is 117 Å². The average molecular weight is 751 g/mol. The smallest absolute Gasteiger partial charge is 0.384 e. The highest BCUT2D eigenvalue weighted by Crippen LogP contribution is 2.43. The molecule has 4 heterocycles. The highest BCUT2D eigenvalue weighted by molar-refractivity contribution is 7.91. The van der Waals surface area contributed by atoms with Crippen molar-refractivity contribution in [2.24, 2.45) is 9.98 Å². The number of nitrogens with zero attached hydrogens (tertiary/aromatic N) is 6. The molecule has 0 aliphatic carbocycles. The van der Waals surface area contributed by atoms with E-state index in [4.69, 9.17) is 29.1 Å². The summed E-state index contributed by atoms with van der Waals surface area (Å²) in [6.07, 6.45) is 2.57. The largest absolute Gasteiger partial charge is 0.613 e. The average Bonchev–Trinajstić information content (AvgIpc) is 3.63. The normalized spacial score (nSPS) is 16.4. The number of ether oxygens (including phenoxy) is 4. The molecule has 0 saturated heterocycles. The first kappa shape index (κ1) is 33.9. The summed E-state index contributed by atoms with van der Waals surface area (Å²) < 4.78 is 80.7. The van der Waals surface area contributed by atoms with Gasteiger partial charge in [-0.1, -0.05) is 36.4 Å². The van der Waals surface area contributed by atoms with Gasteiger partial charge in [-0.15, -0.1) is 0 Å². The Morgan fingerprint density at radius 3 is 1.32 bits per heavy atom. The van der Waals surface area contributed by atoms with Gasteiger partial charge >= 0.3 is 6.16 Å². The van der Waals surface area contributed by atoms with Crippen LogP contribution in [-0.2, 0) is 19.7 Å². The van der Waals surface area contributed by atoms with Gasteiger partial charge in [0.2, 0.25) is 11.8 Å². The van der Waals surface area contributed by atoms with E-state index in [0.717, 1.165) is 12.5 Å². The molecule has 0 N–H and O–H groups in total. The van der Waals surface area contributed by atoms with Crippen molar-refractivity contribution in [2.75, 3.05) is 12.5 Å². The maximum Gasteiger partial charge on any atom is 0.613 e. The molecule has 0 bridgehead atoms. The maximum absolute atomic E-state index is 12.7. The lowest BCUT2D eigenvalue weighted by Gasteiger charge is -2.32. The van der Waals surface area contributed by atoms with E-state index in [1.54, 1.807) is 13.8 Å². The number of aliphatic imine (C=N–C) groups is 2. The Morgan fingerprint density at radius 2 is 0.943 bits per heavy atom. The fourth-order valence-electron chi connectivity index (χ4n) is 5.75. The standard InChI is InChI=1S/C37H30N6O8S2/c1-23-29-21-38-31-19-27(52(3,44)45)15-17-33(31)48-37(50-35(29)42(40-23)25-11-7-5-8-12-25)49-34-18-16-28(53(4,46)47)20-32(34)39-22-30-24(2)41-43(36(30)51-37)26-13-9-6-10-14-26/h5-22H,1-4H3. The van der Waals surface area contributed by atoms with E-state index in [9.17, 15) is 16.8 Å². The monoisotopic (exact) mass is 750 g/mol. The summed E-state index contributed by atoms with van der Waals surface area (Å²) in [4.78, 5) is 9.30. The van der Waals surface area contributed by atoms with Crippen LogP contribution in [0.5, 0.6) is 23.3 Å². The summed E-state index contributed by atoms with van der Waals surface area (Å²) in [5.41, 5.74) is 3.26. The molecule has 0 saturated carbocycles. The van der Waals surface area contributed by atoms with E-state index >= 15 is 0 Å². The Bertz CT molecular complexity index is 2520. The fourth-order valence-corrected chi connectivity index (χ4v) is 7.03. The second-order valence-corrected chi connectivity index (χ2v) is 16.4. The molecule has 1 spiro atoms. The van der Waals surface area contributed by atoms with Crippen molar-refractivity contribution in [1.82, 2.24) is 19.6 Å². The van der Waals surface area contributed by atoms with Crippen LogP contribution in [-0.4, -0.2) is 67.5 Å². The first-order valence-corrected chi connectivity index (χ1v) is 19.9. The van der Waals surface area contributed by atoms with Gasteiger partial charge in [0.25, 0.3) is 0 Å². The molecule has 14 nitrogen and oxygen atoms in total. The minimum atomic E-state index is -3.66. The molecule has 0 amide bonds. The number of sulfone groups is 2. The van der Waals surface area contributed by atoms with Crippen LogP contribution in [0.2, 0.25) is 0 Å². The lowest BCUT2D eigenvalue weighted by Crippen LogP contribution is -2.54. The van der Waals surface area contributed by atoms with E-state index in [1.807, 2.05) is 60.7 Å². The first-order chi connectivity index (χ1) is 25.3. The second-order valence-electron chi connectivity index (χ2n) is 12.3. The number of hydrogen-bond acceptors (Lipinski definition) is 12. The van der Waals surface area contributed by atoms with Gasteiger partial charge in [0.1, 0.15) is 11.4 Å². The Balaban J connectivity index is 1.44. The molecular weight excluding hydrogens is 721 g/mol. The number of hydrogen-bond donors (Lipinski definition) is 0. The minimum Gasteiger partial charge on any atom is -0.384 e. The van der Waals surface area contributed by atoms with Crippen LogP contribution in [0.25, 0.3) is 11.4 Å². The summed E-state index contributed by atoms with van der Waals surface area (Å²) in [5, 5.41) is 9.51. The van der Waals surface area contributed by atoms with Crippen LogP contribution in [0, 0.1) is 13.8 Å². The third-order valence-corrected chi connectivity index (χ3v) is 10.6. The predicted molar refractivity (Wildman–Crippen MR) is 195 cm³/mol. The Kier molecular flexibility index (Phi) is 7.96. The summed E-state index contributed by atoms with van der Waals surface area (Å²) in [6, 6.07) is 26.7. The lowest BCUT2D eigenvalue weighted by atomic mass is 10.2. The molecule has 2 aliphatic rings. The van der Waals surface area contributed by atoms with Crippen molar-refractivity contribution in [3.8, 4) is 34.6 Å². The van der Waals surface area contributed by atoms with Crippen molar-refractivity contribution in [1.29, 1.82) is 0 Å². The molecule has 53 heavy (non-hydrogen) atoms. The maximum atomic E-state index is 12.7. The molecule has 0 atom stereocenters. The third kappa shape index (κ3) is 6.31. The molecule has 8 rings (SSSR count). The SMILES string of the molecule is Cc1nn(-c2ccccc2)c2c1C=Nc1cc(S(C)(=O)=O)ccc1OC1(Oc3ccc(S(C)(=O)=O)cc3N=Cc3c(C)nn(-c4ccccc4)c3O1)O2. The van der Waals surface area contributed by atoms with Gasteiger partial charge in [0.05, 0.1) is 43.7 Å². The zero-order chi connectivity index (χ0) is 37.1. The van der Waals surface area contributed by atoms with Crippen LogP contribution >= 0.6 is 0 Å². The molecule has 0 radical (unpaired) electrons. The van der Waals surface area contributed by atoms with E-state index in [-0.39, 0.29) is 44.4 Å². The third-order valence-electron chi connectivity index (χ3n) is 8.42. The van der Waals surface area contributed by atoms with E-state index < -0.39 is 25.8 Å². The quantitative estimate of drug-likeness (QED) is 0.214. The molecule has 4 aromatic carbocycles. The highest BCUT2D eigenvalue weighted by Gasteiger charge is 2.49. The van der Waals surface area contributed by atoms with Crippen LogP contribution < -0.4 is 18.9 Å². The molecule has 2 aromatic heterocycles. The van der Waals surface area contributed by atoms with E-state index in [0.29, 0.717) is 33.9 Å². The number of benzene rings is 4. The number of para-hydroxylation sites is 2. The Hall–Kier alpha value is -6.26. The van der Waals surface area contributed by atoms with Gasteiger partial charge in [-0.3, -0.25) is 9.98 Å². The van der Waals surface area contributed by atoms with Crippen LogP contribution in [0.1, 0.15) is 22.5 Å². The van der Waals surface area contributed by atoms with Gasteiger partial charge in [-0.25, -0.2) is 16.8 Å². The summed E-state index contributed by atoms with van der Waals surface area (Å²) in [5.74, 6) is 0.225. The predicted octanol–water partition coefficient (Wildman–Crippen LogP) is 5.84. The van der Waals surface area contributed by atoms with Gasteiger partial charge in [0, 0.05) is 24.9 Å². The van der Waals surface area contributed by atoms with Crippen LogP contribution in [0.4, 0.5) is 11.4 Å². The Labute approximate surface area is 304 Å². The summed E-state index contributed by atoms with van der Waals surface area (Å²) >= 11 is 0. The van der Waals surface area contributed by atoms with Crippen molar-refractivity contribution in [3.63, 3.8) is 0 Å². The van der Waals surface area contributed by atoms with E-state index in [1.165, 1.54) is 58.2 Å². The van der Waals surface area contributed by atoms with Gasteiger partial charge in [-0.2, -0.15) is 19.6 Å². The summed E-state index contributed by atoms with van der Waals surface area (Å²) in [6.45, 7) is 3.53. The highest BCUT2D eigenvalue weighted by atomic mass is 32.2. The molecule has 0 unspecified atom stereocenters. The van der Waals surface area contributed by atoms with Gasteiger partial charge < -0.3 is 18.9 Å². The van der Waals surface area contributed by atoms with Crippen molar-refractivity contribution in [3.05, 3.63) is 120 Å². The fraction of sp³-hybridized carbons (Fsp3) is 0.135. The first-order valence-electron chi connectivity index (χ1n) is 16.1. The number of fused-ring (bicyclic) bond motifs is 4. The molecular formula is C37H30N6O8S2. The van der Waals surface area contributed by atoms with Crippen LogP contribution in [0.3, 0.4) is 0 Å². The topological polar surface area (TPSA) is 166 Å². The zero-order valence-electron chi connectivity index (χ0n) is 28.7. The lowest BCUT2D eigenvalue weighted by molar-refractivity contribution is -0.369. The molecule has 2 aliphatic heterocycles. The molecule has 6 aromatic rings. The second kappa shape index (κ2) is 12.5. The van der Waals surface area contributed by atoms with E-state index in [2.05, 4.69) is 9.98 Å². The molecule has 0 fully saturated rings. The number of rotatable bonds is 4. The van der Waals surface area contributed by atoms with Gasteiger partial charge in [0.15, 0.2) is 31.2 Å². The van der Waals surface area contributed by atoms with Crippen molar-refractivity contribution < 1.29 is 35.8 Å². The molecule has 268 valence electrons. The van der Waals surface area contributed by atoms with Crippen molar-refractivity contribution >= 4 is 43.5 Å². The number of aryl methyl sites for hydroxylation is 2. The minimum absolute atomic E-state index is 0.00782. The Morgan fingerprint density at radius 1 is 0.547 bits per heavy atom. The molecule has 16 heteroatoms. The number of aromatic nitrogens is 4. The van der Waals surface area contributed by atoms with Gasteiger partial charge in [-0.05, 0) is 74.5 Å².